The molecule has 1 amide bonds. The fourth-order valence-electron chi connectivity index (χ4n) is 4.19. The van der Waals surface area contributed by atoms with Crippen LogP contribution in [0.15, 0.2) is 60.2 Å². The molecule has 9 heteroatoms. The summed E-state index contributed by atoms with van der Waals surface area (Å²) >= 11 is 0. The third kappa shape index (κ3) is 4.25. The van der Waals surface area contributed by atoms with Gasteiger partial charge in [0.05, 0.1) is 37.3 Å². The van der Waals surface area contributed by atoms with Crippen molar-refractivity contribution < 1.29 is 29.3 Å². The number of nitro benzene ring substituents is 1. The molecule has 0 saturated carbocycles. The van der Waals surface area contributed by atoms with E-state index in [0.717, 1.165) is 13.1 Å². The molecule has 2 aromatic rings. The molecule has 1 unspecified atom stereocenters. The molecule has 166 valence electrons. The first-order valence-corrected chi connectivity index (χ1v) is 10.4. The summed E-state index contributed by atoms with van der Waals surface area (Å²) in [4.78, 5) is 39.3. The second kappa shape index (κ2) is 9.29. The highest BCUT2D eigenvalue weighted by Crippen LogP contribution is 2.39. The number of likely N-dealkylation sites (tertiary alicyclic amines) is 1. The average molecular weight is 437 g/mol. The number of nitrogens with zero attached hydrogens (tertiary/aromatic N) is 2. The van der Waals surface area contributed by atoms with Gasteiger partial charge < -0.3 is 19.6 Å². The first-order chi connectivity index (χ1) is 15.5. The van der Waals surface area contributed by atoms with E-state index in [1.165, 1.54) is 28.0 Å². The second-order valence-corrected chi connectivity index (χ2v) is 7.80. The molecule has 2 heterocycles. The lowest BCUT2D eigenvalue weighted by Gasteiger charge is -2.30. The van der Waals surface area contributed by atoms with Gasteiger partial charge in [0.15, 0.2) is 0 Å². The molecule has 0 spiro atoms. The van der Waals surface area contributed by atoms with Crippen molar-refractivity contribution in [2.45, 2.75) is 6.04 Å². The summed E-state index contributed by atoms with van der Waals surface area (Å²) in [5.74, 6) is -2.15. The molecule has 1 atom stereocenters. The van der Waals surface area contributed by atoms with Gasteiger partial charge in [0.25, 0.3) is 11.6 Å². The molecule has 2 saturated heterocycles. The van der Waals surface area contributed by atoms with E-state index in [-0.39, 0.29) is 17.8 Å². The number of non-ortho nitro benzene ring substituents is 1. The Labute approximate surface area is 184 Å². The number of benzene rings is 2. The van der Waals surface area contributed by atoms with E-state index >= 15 is 0 Å². The number of hydrogen-bond acceptors (Lipinski definition) is 6. The maximum atomic E-state index is 13.3. The Morgan fingerprint density at radius 1 is 1.09 bits per heavy atom. The van der Waals surface area contributed by atoms with Crippen LogP contribution in [0.5, 0.6) is 0 Å². The van der Waals surface area contributed by atoms with Gasteiger partial charge in [-0.15, -0.1) is 0 Å². The number of morpholine rings is 1. The van der Waals surface area contributed by atoms with Gasteiger partial charge in [-0.3, -0.25) is 19.7 Å². The zero-order valence-electron chi connectivity index (χ0n) is 17.4. The summed E-state index contributed by atoms with van der Waals surface area (Å²) in [5.41, 5.74) is 0.327. The third-order valence-electron chi connectivity index (χ3n) is 5.87. The third-order valence-corrected chi connectivity index (χ3v) is 5.87. The van der Waals surface area contributed by atoms with Crippen LogP contribution in [-0.2, 0) is 14.3 Å². The number of rotatable bonds is 6. The van der Waals surface area contributed by atoms with Crippen LogP contribution in [-0.4, -0.2) is 60.9 Å². The number of nitrogens with one attached hydrogen (secondary N) is 1. The lowest BCUT2D eigenvalue weighted by Crippen LogP contribution is -3.14. The zero-order valence-corrected chi connectivity index (χ0v) is 17.4. The quantitative estimate of drug-likeness (QED) is 0.219. The minimum Gasteiger partial charge on any atom is -0.872 e. The molecule has 0 radical (unpaired) electrons. The second-order valence-electron chi connectivity index (χ2n) is 7.80. The van der Waals surface area contributed by atoms with Crippen LogP contribution in [0.2, 0.25) is 0 Å². The molecule has 9 nitrogen and oxygen atoms in total. The predicted molar refractivity (Wildman–Crippen MR) is 112 cm³/mol. The highest BCUT2D eigenvalue weighted by Gasteiger charge is 2.44. The van der Waals surface area contributed by atoms with Gasteiger partial charge in [-0.2, -0.15) is 0 Å². The van der Waals surface area contributed by atoms with Crippen LogP contribution < -0.4 is 10.0 Å². The number of carbonyl (C=O) groups is 2. The van der Waals surface area contributed by atoms with Crippen LogP contribution in [0.4, 0.5) is 5.69 Å². The van der Waals surface area contributed by atoms with Crippen molar-refractivity contribution in [3.63, 3.8) is 0 Å². The normalized spacial score (nSPS) is 21.1. The van der Waals surface area contributed by atoms with E-state index in [0.29, 0.717) is 30.9 Å². The topological polar surface area (TPSA) is 117 Å². The molecule has 32 heavy (non-hydrogen) atoms. The summed E-state index contributed by atoms with van der Waals surface area (Å²) in [5, 5.41) is 24.6. The summed E-state index contributed by atoms with van der Waals surface area (Å²) in [6.45, 7) is 3.66. The van der Waals surface area contributed by atoms with Gasteiger partial charge >= 0.3 is 0 Å². The van der Waals surface area contributed by atoms with Crippen LogP contribution >= 0.6 is 0 Å². The monoisotopic (exact) mass is 437 g/mol. The van der Waals surface area contributed by atoms with Crippen LogP contribution in [0.1, 0.15) is 17.2 Å². The van der Waals surface area contributed by atoms with E-state index in [1.807, 2.05) is 0 Å². The summed E-state index contributed by atoms with van der Waals surface area (Å²) < 4.78 is 5.37. The van der Waals surface area contributed by atoms with Crippen molar-refractivity contribution in [1.82, 2.24) is 4.90 Å². The minimum atomic E-state index is -0.969. The molecule has 2 aliphatic rings. The number of nitro groups is 1. The number of amides is 1. The van der Waals surface area contributed by atoms with Gasteiger partial charge in [0.1, 0.15) is 13.1 Å². The van der Waals surface area contributed by atoms with Crippen molar-refractivity contribution in [1.29, 1.82) is 0 Å². The van der Waals surface area contributed by atoms with E-state index in [1.54, 1.807) is 36.4 Å². The number of hydrogen-bond donors (Lipinski definition) is 1. The Bertz CT molecular complexity index is 1060. The SMILES string of the molecule is O=C1C(=O)N(CC[NH+]2CCOCC2)C(c2cccc([N+](=O)[O-])c2)C1=C([O-])c1ccccc1. The van der Waals surface area contributed by atoms with Crippen LogP contribution in [0.3, 0.4) is 0 Å². The van der Waals surface area contributed by atoms with E-state index in [9.17, 15) is 24.8 Å². The van der Waals surface area contributed by atoms with E-state index < -0.39 is 28.4 Å². The first kappa shape index (κ1) is 21.7. The van der Waals surface area contributed by atoms with Crippen molar-refractivity contribution in [3.05, 3.63) is 81.4 Å². The fourth-order valence-corrected chi connectivity index (χ4v) is 4.19. The Morgan fingerprint density at radius 3 is 2.50 bits per heavy atom. The molecule has 2 fully saturated rings. The molecule has 0 aliphatic carbocycles. The van der Waals surface area contributed by atoms with E-state index in [2.05, 4.69) is 0 Å². The number of ether oxygens (including phenoxy) is 1. The lowest BCUT2D eigenvalue weighted by molar-refractivity contribution is -0.907. The number of ketones is 1. The Balaban J connectivity index is 1.76. The minimum absolute atomic E-state index is 0.167. The summed E-state index contributed by atoms with van der Waals surface area (Å²) in [7, 11) is 0. The molecular formula is C23H23N3O6. The molecular weight excluding hydrogens is 414 g/mol. The molecule has 0 aromatic heterocycles. The Kier molecular flexibility index (Phi) is 6.29. The first-order valence-electron chi connectivity index (χ1n) is 10.4. The molecule has 4 rings (SSSR count). The number of quaternary nitrogens is 1. The molecule has 0 bridgehead atoms. The number of Topliss-reactive ketones (excluding diaryl/α,β-unsaturated/α-hetero) is 1. The van der Waals surface area contributed by atoms with Crippen LogP contribution in [0, 0.1) is 10.1 Å². The number of carbonyl (C=O) groups excluding carboxylic acids is 2. The largest absolute Gasteiger partial charge is 0.872 e. The lowest BCUT2D eigenvalue weighted by atomic mass is 9.95. The fraction of sp³-hybridized carbons (Fsp3) is 0.304. The Hall–Kier alpha value is -3.56. The average Bonchev–Trinajstić information content (AvgIpc) is 3.08. The van der Waals surface area contributed by atoms with Gasteiger partial charge in [0.2, 0.25) is 5.78 Å². The smallest absolute Gasteiger partial charge is 0.295 e. The van der Waals surface area contributed by atoms with Crippen molar-refractivity contribution in [3.8, 4) is 0 Å². The maximum absolute atomic E-state index is 13.3. The highest BCUT2D eigenvalue weighted by molar-refractivity contribution is 6.46. The standard InChI is InChI=1S/C23H23N3O6/c27-21(16-5-2-1-3-6-16)19-20(17-7-4-8-18(15-17)26(30)31)25(23(29)22(19)28)10-9-24-11-13-32-14-12-24/h1-8,15,20,27H,9-14H2. The van der Waals surface area contributed by atoms with Gasteiger partial charge in [-0.25, -0.2) is 0 Å². The van der Waals surface area contributed by atoms with Crippen molar-refractivity contribution in [2.24, 2.45) is 0 Å². The Morgan fingerprint density at radius 2 is 1.81 bits per heavy atom. The summed E-state index contributed by atoms with van der Waals surface area (Å²) in [6.07, 6.45) is 0. The zero-order chi connectivity index (χ0) is 22.7. The molecule has 1 N–H and O–H groups in total. The molecule has 2 aliphatic heterocycles. The van der Waals surface area contributed by atoms with Gasteiger partial charge in [-0.05, 0) is 11.1 Å². The van der Waals surface area contributed by atoms with Crippen molar-refractivity contribution >= 4 is 23.1 Å². The van der Waals surface area contributed by atoms with Crippen LogP contribution in [0.25, 0.3) is 5.76 Å². The predicted octanol–water partition coefficient (Wildman–Crippen LogP) is -0.266. The van der Waals surface area contributed by atoms with Gasteiger partial charge in [0, 0.05) is 17.7 Å². The summed E-state index contributed by atoms with van der Waals surface area (Å²) in [6, 6.07) is 13.1. The van der Waals surface area contributed by atoms with Crippen molar-refractivity contribution in [2.75, 3.05) is 39.4 Å². The van der Waals surface area contributed by atoms with Gasteiger partial charge in [-0.1, -0.05) is 48.2 Å². The van der Waals surface area contributed by atoms with E-state index in [4.69, 9.17) is 4.74 Å². The molecule has 2 aromatic carbocycles. The highest BCUT2D eigenvalue weighted by atomic mass is 16.6. The maximum Gasteiger partial charge on any atom is 0.295 e.